The number of amides is 1. The number of hydrogen-bond acceptors (Lipinski definition) is 8. The minimum absolute atomic E-state index is 0.124. The van der Waals surface area contributed by atoms with E-state index in [4.69, 9.17) is 0 Å². The van der Waals surface area contributed by atoms with Crippen molar-refractivity contribution in [2.45, 2.75) is 18.6 Å². The number of nitriles is 1. The van der Waals surface area contributed by atoms with Gasteiger partial charge in [-0.3, -0.25) is 9.52 Å². The number of nitrogens with zero attached hydrogens (tertiary/aromatic N) is 3. The van der Waals surface area contributed by atoms with E-state index in [9.17, 15) is 37.2 Å². The Morgan fingerprint density at radius 2 is 1.94 bits per heavy atom. The van der Waals surface area contributed by atoms with Gasteiger partial charge in [-0.05, 0) is 11.6 Å². The molecular formula is C20H17F2N4O5S-. The van der Waals surface area contributed by atoms with Crippen LogP contribution in [-0.4, -0.2) is 38.4 Å². The summed E-state index contributed by atoms with van der Waals surface area (Å²) in [6.07, 6.45) is -3.32. The number of hydrogen-bond donors (Lipinski definition) is 1. The summed E-state index contributed by atoms with van der Waals surface area (Å²) in [5.74, 6) is -3.36. The normalized spacial score (nSPS) is 14.0. The Morgan fingerprint density at radius 1 is 1.28 bits per heavy atom. The lowest BCUT2D eigenvalue weighted by molar-refractivity contribution is -0.255. The van der Waals surface area contributed by atoms with E-state index in [2.05, 4.69) is 4.98 Å². The van der Waals surface area contributed by atoms with Gasteiger partial charge in [0.25, 0.3) is 6.43 Å². The predicted molar refractivity (Wildman–Crippen MR) is 106 cm³/mol. The van der Waals surface area contributed by atoms with Gasteiger partial charge in [-0.2, -0.15) is 5.26 Å². The molecule has 1 aliphatic heterocycles. The van der Waals surface area contributed by atoms with E-state index >= 15 is 0 Å². The zero-order valence-electron chi connectivity index (χ0n) is 16.5. The molecule has 168 valence electrons. The van der Waals surface area contributed by atoms with Crippen LogP contribution in [0.2, 0.25) is 0 Å². The fourth-order valence-electron chi connectivity index (χ4n) is 3.35. The van der Waals surface area contributed by atoms with E-state index in [-0.39, 0.29) is 42.6 Å². The number of carbonyl (C=O) groups is 2. The van der Waals surface area contributed by atoms with E-state index in [1.807, 2.05) is 4.72 Å². The SMILES string of the molecule is N#Cc1cc(C(=O)[O-])c(C(F)F)nc1N1CC(CC(=O)NS(=O)(=O)Cc2ccccc2)C1. The van der Waals surface area contributed by atoms with Crippen molar-refractivity contribution in [3.63, 3.8) is 0 Å². The number of carboxylic acid groups (broad SMARTS) is 1. The summed E-state index contributed by atoms with van der Waals surface area (Å²) in [6.45, 7) is 0.308. The molecule has 32 heavy (non-hydrogen) atoms. The molecule has 0 spiro atoms. The molecule has 1 amide bonds. The molecular weight excluding hydrogens is 446 g/mol. The van der Waals surface area contributed by atoms with Crippen LogP contribution >= 0.6 is 0 Å². The Balaban J connectivity index is 1.62. The molecule has 0 bridgehead atoms. The molecule has 9 nitrogen and oxygen atoms in total. The maximum absolute atomic E-state index is 13.2. The summed E-state index contributed by atoms with van der Waals surface area (Å²) in [5, 5.41) is 20.3. The zero-order chi connectivity index (χ0) is 23.5. The maximum Gasteiger partial charge on any atom is 0.281 e. The van der Waals surface area contributed by atoms with E-state index in [1.54, 1.807) is 36.4 Å². The van der Waals surface area contributed by atoms with Crippen LogP contribution in [-0.2, 0) is 20.6 Å². The fraction of sp³-hybridized carbons (Fsp3) is 0.300. The lowest BCUT2D eigenvalue weighted by atomic mass is 9.95. The number of pyridine rings is 1. The fourth-order valence-corrected chi connectivity index (χ4v) is 4.48. The van der Waals surface area contributed by atoms with E-state index < -0.39 is 39.6 Å². The molecule has 0 unspecified atom stereocenters. The summed E-state index contributed by atoms with van der Waals surface area (Å²) in [4.78, 5) is 28.3. The van der Waals surface area contributed by atoms with Crippen LogP contribution in [0.3, 0.4) is 0 Å². The standard InChI is InChI=1S/C20H18F2N4O5S/c21-18(22)17-15(20(28)29)7-14(8-23)19(24-17)26-9-13(10-26)6-16(27)25-32(30,31)11-12-4-2-1-3-5-12/h1-5,7,13,18H,6,9-11H2,(H,25,27)(H,28,29)/p-1. The largest absolute Gasteiger partial charge is 0.545 e. The Labute approximate surface area is 182 Å². The zero-order valence-corrected chi connectivity index (χ0v) is 17.3. The first-order valence-corrected chi connectivity index (χ1v) is 11.0. The average molecular weight is 463 g/mol. The Kier molecular flexibility index (Phi) is 6.69. The highest BCUT2D eigenvalue weighted by Crippen LogP contribution is 2.32. The average Bonchev–Trinajstić information content (AvgIpc) is 2.69. The molecule has 12 heteroatoms. The van der Waals surface area contributed by atoms with Gasteiger partial charge in [-0.25, -0.2) is 22.2 Å². The number of carboxylic acids is 1. The van der Waals surface area contributed by atoms with Crippen molar-refractivity contribution < 1.29 is 31.9 Å². The molecule has 1 fully saturated rings. The topological polar surface area (TPSA) is 143 Å². The van der Waals surface area contributed by atoms with Gasteiger partial charge in [0.1, 0.15) is 17.6 Å². The number of halogens is 2. The van der Waals surface area contributed by atoms with Crippen molar-refractivity contribution in [1.82, 2.24) is 9.71 Å². The summed E-state index contributed by atoms with van der Waals surface area (Å²) < 4.78 is 52.7. The van der Waals surface area contributed by atoms with Crippen LogP contribution in [0.5, 0.6) is 0 Å². The highest BCUT2D eigenvalue weighted by atomic mass is 32.2. The van der Waals surface area contributed by atoms with Crippen molar-refractivity contribution in [2.24, 2.45) is 5.92 Å². The Morgan fingerprint density at radius 3 is 2.50 bits per heavy atom. The van der Waals surface area contributed by atoms with Crippen molar-refractivity contribution in [3.05, 3.63) is 58.8 Å². The molecule has 0 atom stereocenters. The van der Waals surface area contributed by atoms with Crippen LogP contribution in [0.4, 0.5) is 14.6 Å². The predicted octanol–water partition coefficient (Wildman–Crippen LogP) is 0.727. The van der Waals surface area contributed by atoms with Gasteiger partial charge in [0.05, 0.1) is 17.3 Å². The van der Waals surface area contributed by atoms with Crippen LogP contribution < -0.4 is 14.7 Å². The Hall–Kier alpha value is -3.59. The van der Waals surface area contributed by atoms with Gasteiger partial charge >= 0.3 is 0 Å². The third-order valence-corrected chi connectivity index (χ3v) is 6.03. The van der Waals surface area contributed by atoms with Crippen LogP contribution in [0.25, 0.3) is 0 Å². The van der Waals surface area contributed by atoms with Crippen molar-refractivity contribution >= 4 is 27.7 Å². The molecule has 1 aliphatic rings. The Bertz CT molecular complexity index is 1180. The molecule has 0 saturated carbocycles. The second kappa shape index (κ2) is 9.27. The number of carbonyl (C=O) groups excluding carboxylic acids is 2. The van der Waals surface area contributed by atoms with E-state index in [0.717, 1.165) is 6.07 Å². The second-order valence-corrected chi connectivity index (χ2v) is 8.96. The summed E-state index contributed by atoms with van der Waals surface area (Å²) in [7, 11) is -3.88. The van der Waals surface area contributed by atoms with E-state index in [0.29, 0.717) is 5.56 Å². The van der Waals surface area contributed by atoms with Crippen molar-refractivity contribution in [3.8, 4) is 6.07 Å². The highest BCUT2D eigenvalue weighted by Gasteiger charge is 2.33. The monoisotopic (exact) mass is 463 g/mol. The lowest BCUT2D eigenvalue weighted by Gasteiger charge is -2.40. The van der Waals surface area contributed by atoms with Crippen LogP contribution in [0.1, 0.15) is 40.0 Å². The molecule has 1 N–H and O–H groups in total. The molecule has 0 aliphatic carbocycles. The number of rotatable bonds is 8. The smallest absolute Gasteiger partial charge is 0.281 e. The second-order valence-electron chi connectivity index (χ2n) is 7.24. The minimum Gasteiger partial charge on any atom is -0.545 e. The molecule has 1 saturated heterocycles. The maximum atomic E-state index is 13.2. The number of benzene rings is 1. The van der Waals surface area contributed by atoms with Crippen molar-refractivity contribution in [1.29, 1.82) is 5.26 Å². The first-order chi connectivity index (χ1) is 15.1. The minimum atomic E-state index is -3.88. The molecule has 0 radical (unpaired) electrons. The summed E-state index contributed by atoms with van der Waals surface area (Å²) in [6, 6.07) is 10.8. The highest BCUT2D eigenvalue weighted by molar-refractivity contribution is 7.89. The van der Waals surface area contributed by atoms with Gasteiger partial charge in [0.2, 0.25) is 15.9 Å². The molecule has 3 rings (SSSR count). The molecule has 2 heterocycles. The number of anilines is 1. The number of nitrogens with one attached hydrogen (secondary N) is 1. The quantitative estimate of drug-likeness (QED) is 0.603. The number of alkyl halides is 2. The summed E-state index contributed by atoms with van der Waals surface area (Å²) in [5.41, 5.74) is -1.57. The number of aromatic nitrogens is 1. The summed E-state index contributed by atoms with van der Waals surface area (Å²) >= 11 is 0. The lowest BCUT2D eigenvalue weighted by Crippen LogP contribution is -2.49. The van der Waals surface area contributed by atoms with E-state index in [1.165, 1.54) is 4.90 Å². The van der Waals surface area contributed by atoms with Gasteiger partial charge < -0.3 is 14.8 Å². The number of aromatic carboxylic acids is 1. The molecule has 1 aromatic heterocycles. The molecule has 2 aromatic rings. The van der Waals surface area contributed by atoms with Crippen molar-refractivity contribution in [2.75, 3.05) is 18.0 Å². The van der Waals surface area contributed by atoms with Gasteiger partial charge in [0, 0.05) is 31.0 Å². The van der Waals surface area contributed by atoms with Crippen LogP contribution in [0, 0.1) is 17.2 Å². The van der Waals surface area contributed by atoms with Gasteiger partial charge in [-0.1, -0.05) is 30.3 Å². The van der Waals surface area contributed by atoms with Gasteiger partial charge in [-0.15, -0.1) is 0 Å². The first kappa shape index (κ1) is 23.1. The van der Waals surface area contributed by atoms with Crippen LogP contribution in [0.15, 0.2) is 36.4 Å². The third-order valence-electron chi connectivity index (χ3n) is 4.78. The third kappa shape index (κ3) is 5.36. The first-order valence-electron chi connectivity index (χ1n) is 9.36. The molecule has 1 aromatic carbocycles. The number of sulfonamides is 1. The van der Waals surface area contributed by atoms with Gasteiger partial charge in [0.15, 0.2) is 0 Å².